The van der Waals surface area contributed by atoms with Crippen LogP contribution in [0.15, 0.2) is 105 Å². The van der Waals surface area contributed by atoms with Gasteiger partial charge in [-0.1, -0.05) is 103 Å². The van der Waals surface area contributed by atoms with Gasteiger partial charge in [0.1, 0.15) is 11.5 Å². The summed E-state index contributed by atoms with van der Waals surface area (Å²) in [5.41, 5.74) is 3.84. The van der Waals surface area contributed by atoms with Crippen molar-refractivity contribution in [3.8, 4) is 11.3 Å². The molecule has 1 aliphatic rings. The molecule has 1 aliphatic heterocycles. The van der Waals surface area contributed by atoms with Crippen LogP contribution in [0.3, 0.4) is 0 Å². The van der Waals surface area contributed by atoms with E-state index in [9.17, 15) is 9.59 Å². The van der Waals surface area contributed by atoms with Crippen LogP contribution in [0.4, 0.5) is 0 Å². The summed E-state index contributed by atoms with van der Waals surface area (Å²) in [6.45, 7) is 6.19. The van der Waals surface area contributed by atoms with Crippen molar-refractivity contribution in [2.45, 2.75) is 32.7 Å². The lowest BCUT2D eigenvalue weighted by Gasteiger charge is -2.26. The zero-order chi connectivity index (χ0) is 31.0. The number of hydrogen-bond acceptors (Lipinski definition) is 6. The van der Waals surface area contributed by atoms with E-state index in [0.29, 0.717) is 53.7 Å². The Kier molecular flexibility index (Phi) is 8.45. The zero-order valence-corrected chi connectivity index (χ0v) is 26.5. The molecule has 5 aromatic rings. The number of rotatable bonds is 7. The Morgan fingerprint density at radius 1 is 1.05 bits per heavy atom. The normalized spacial score (nSPS) is 15.0. The number of fused-ring (bicyclic) bond motifs is 1. The summed E-state index contributed by atoms with van der Waals surface area (Å²) in [7, 11) is 0. The van der Waals surface area contributed by atoms with Gasteiger partial charge < -0.3 is 9.15 Å². The predicted octanol–water partition coefficient (Wildman–Crippen LogP) is 7.63. The van der Waals surface area contributed by atoms with Gasteiger partial charge in [-0.25, -0.2) is 9.79 Å². The molecule has 222 valence electrons. The highest BCUT2D eigenvalue weighted by Crippen LogP contribution is 2.36. The Morgan fingerprint density at radius 2 is 1.80 bits per heavy atom. The summed E-state index contributed by atoms with van der Waals surface area (Å²) < 4.78 is 13.6. The Morgan fingerprint density at radius 3 is 2.50 bits per heavy atom. The Bertz CT molecular complexity index is 2070. The molecule has 0 aliphatic carbocycles. The smallest absolute Gasteiger partial charge is 0.338 e. The van der Waals surface area contributed by atoms with E-state index in [1.807, 2.05) is 54.6 Å². The third kappa shape index (κ3) is 5.71. The maximum atomic E-state index is 14.1. The number of esters is 1. The van der Waals surface area contributed by atoms with Gasteiger partial charge in [-0.15, -0.1) is 0 Å². The molecule has 0 saturated carbocycles. The molecule has 0 unspecified atom stereocenters. The van der Waals surface area contributed by atoms with E-state index in [1.165, 1.54) is 11.3 Å². The molecule has 3 aromatic carbocycles. The van der Waals surface area contributed by atoms with E-state index in [4.69, 9.17) is 37.3 Å². The van der Waals surface area contributed by atoms with Gasteiger partial charge in [-0.3, -0.25) is 9.36 Å². The first kappa shape index (κ1) is 29.9. The molecule has 0 radical (unpaired) electrons. The number of carbonyl (C=O) groups is 1. The van der Waals surface area contributed by atoms with Gasteiger partial charge in [-0.05, 0) is 54.3 Å². The minimum atomic E-state index is -0.749. The third-order valence-electron chi connectivity index (χ3n) is 7.39. The van der Waals surface area contributed by atoms with Crippen molar-refractivity contribution in [3.05, 3.63) is 143 Å². The first-order chi connectivity index (χ1) is 21.2. The maximum Gasteiger partial charge on any atom is 0.338 e. The molecule has 0 amide bonds. The van der Waals surface area contributed by atoms with Crippen LogP contribution in [-0.4, -0.2) is 17.1 Å². The quantitative estimate of drug-likeness (QED) is 0.171. The topological polar surface area (TPSA) is 73.8 Å². The molecule has 1 atom stereocenters. The highest BCUT2D eigenvalue weighted by atomic mass is 35.5. The van der Waals surface area contributed by atoms with Gasteiger partial charge in [0.05, 0.1) is 33.5 Å². The summed E-state index contributed by atoms with van der Waals surface area (Å²) in [5, 5.41) is 1.03. The first-order valence-electron chi connectivity index (χ1n) is 14.2. The average molecular weight is 644 g/mol. The number of furan rings is 1. The van der Waals surface area contributed by atoms with Crippen molar-refractivity contribution in [1.82, 2.24) is 4.57 Å². The van der Waals surface area contributed by atoms with E-state index >= 15 is 0 Å². The second kappa shape index (κ2) is 12.4. The number of benzene rings is 3. The van der Waals surface area contributed by atoms with Crippen molar-refractivity contribution < 1.29 is 13.9 Å². The molecule has 3 heterocycles. The lowest BCUT2D eigenvalue weighted by molar-refractivity contribution is -0.138. The van der Waals surface area contributed by atoms with Crippen LogP contribution in [0.2, 0.25) is 10.0 Å². The molecule has 0 N–H and O–H groups in total. The molecular weight excluding hydrogens is 615 g/mol. The number of thiazole rings is 1. The number of nitrogens with zero attached hydrogens (tertiary/aromatic N) is 2. The van der Waals surface area contributed by atoms with Crippen molar-refractivity contribution in [3.63, 3.8) is 0 Å². The van der Waals surface area contributed by atoms with Crippen molar-refractivity contribution in [1.29, 1.82) is 0 Å². The maximum absolute atomic E-state index is 14.1. The van der Waals surface area contributed by atoms with Crippen molar-refractivity contribution in [2.24, 2.45) is 4.99 Å². The minimum Gasteiger partial charge on any atom is -0.463 e. The highest BCUT2D eigenvalue weighted by Gasteiger charge is 2.35. The van der Waals surface area contributed by atoms with Crippen LogP contribution < -0.4 is 14.9 Å². The van der Waals surface area contributed by atoms with Crippen LogP contribution in [0.1, 0.15) is 55.2 Å². The second-order valence-corrected chi connectivity index (χ2v) is 12.4. The zero-order valence-electron chi connectivity index (χ0n) is 24.2. The number of carbonyl (C=O) groups excluding carboxylic acids is 1. The fourth-order valence-corrected chi connectivity index (χ4v) is 6.57. The number of hydrogen-bond donors (Lipinski definition) is 0. The molecule has 0 bridgehead atoms. The Hall–Kier alpha value is -4.17. The fraction of sp³-hybridized carbons (Fsp3) is 0.171. The summed E-state index contributed by atoms with van der Waals surface area (Å²) in [4.78, 5) is 33.2. The lowest BCUT2D eigenvalue weighted by Crippen LogP contribution is -2.40. The first-order valence-corrected chi connectivity index (χ1v) is 15.8. The van der Waals surface area contributed by atoms with E-state index < -0.39 is 12.0 Å². The molecular formula is C35H28Cl2N2O4S. The SMILES string of the molecule is CCOC(=O)C1=C(c2ccccc2)N=c2s/c(=C\c3ccc(-c4cc(Cl)ccc4Cl)o3)c(=O)n2[C@H]1c1ccc(C(C)C)cc1. The van der Waals surface area contributed by atoms with Gasteiger partial charge in [-0.2, -0.15) is 0 Å². The van der Waals surface area contributed by atoms with Crippen LogP contribution in [0.5, 0.6) is 0 Å². The number of aromatic nitrogens is 1. The van der Waals surface area contributed by atoms with Crippen LogP contribution >= 0.6 is 34.5 Å². The number of ether oxygens (including phenoxy) is 1. The van der Waals surface area contributed by atoms with E-state index in [2.05, 4.69) is 13.8 Å². The lowest BCUT2D eigenvalue weighted by atomic mass is 9.91. The Balaban J connectivity index is 1.56. The van der Waals surface area contributed by atoms with E-state index in [-0.39, 0.29) is 12.2 Å². The summed E-state index contributed by atoms with van der Waals surface area (Å²) in [6.07, 6.45) is 1.68. The standard InChI is InChI=1S/C35H28Cl2N2O4S/c1-4-42-34(41)30-31(22-8-6-5-7-9-22)38-35-39(32(30)23-12-10-21(11-13-23)20(2)3)33(40)29(44-35)19-25-15-17-28(43-25)26-18-24(36)14-16-27(26)37/h5-20,32H,4H2,1-3H3/b29-19-/t32-/m0/s1. The van der Waals surface area contributed by atoms with Gasteiger partial charge in [0.15, 0.2) is 4.80 Å². The summed E-state index contributed by atoms with van der Waals surface area (Å²) >= 11 is 13.8. The van der Waals surface area contributed by atoms with E-state index in [0.717, 1.165) is 16.7 Å². The van der Waals surface area contributed by atoms with E-state index in [1.54, 1.807) is 47.9 Å². The monoisotopic (exact) mass is 642 g/mol. The largest absolute Gasteiger partial charge is 0.463 e. The van der Waals surface area contributed by atoms with Gasteiger partial charge in [0.2, 0.25) is 0 Å². The molecule has 0 spiro atoms. The predicted molar refractivity (Wildman–Crippen MR) is 176 cm³/mol. The van der Waals surface area contributed by atoms with Gasteiger partial charge in [0.25, 0.3) is 5.56 Å². The van der Waals surface area contributed by atoms with Gasteiger partial charge in [0, 0.05) is 22.2 Å². The number of halogens is 2. The molecule has 0 fully saturated rings. The fourth-order valence-electron chi connectivity index (χ4n) is 5.21. The molecule has 0 saturated heterocycles. The Labute approximate surface area is 268 Å². The van der Waals surface area contributed by atoms with Crippen molar-refractivity contribution in [2.75, 3.05) is 6.61 Å². The molecule has 6 nitrogen and oxygen atoms in total. The summed E-state index contributed by atoms with van der Waals surface area (Å²) in [5.74, 6) is 0.796. The van der Waals surface area contributed by atoms with Crippen LogP contribution in [-0.2, 0) is 9.53 Å². The molecule has 6 rings (SSSR count). The van der Waals surface area contributed by atoms with Gasteiger partial charge >= 0.3 is 5.97 Å². The second-order valence-electron chi connectivity index (χ2n) is 10.6. The third-order valence-corrected chi connectivity index (χ3v) is 8.93. The highest BCUT2D eigenvalue weighted by molar-refractivity contribution is 7.07. The average Bonchev–Trinajstić information content (AvgIpc) is 3.62. The molecule has 2 aromatic heterocycles. The summed E-state index contributed by atoms with van der Waals surface area (Å²) in [6, 6.07) is 25.4. The minimum absolute atomic E-state index is 0.186. The molecule has 9 heteroatoms. The van der Waals surface area contributed by atoms with Crippen LogP contribution in [0.25, 0.3) is 23.1 Å². The van der Waals surface area contributed by atoms with Crippen LogP contribution in [0, 0.1) is 0 Å². The van der Waals surface area contributed by atoms with Crippen molar-refractivity contribution >= 4 is 52.3 Å². The molecule has 44 heavy (non-hydrogen) atoms.